The van der Waals surface area contributed by atoms with Crippen LogP contribution in [-0.2, 0) is 27.2 Å². The van der Waals surface area contributed by atoms with Gasteiger partial charge in [0, 0.05) is 62.3 Å². The fraction of sp³-hybridized carbons (Fsp3) is 0.396. The number of aliphatic hydroxyl groups excluding tert-OH is 1. The summed E-state index contributed by atoms with van der Waals surface area (Å²) in [6.07, 6.45) is 3.60. The summed E-state index contributed by atoms with van der Waals surface area (Å²) in [6.45, 7) is 5.19. The number of hydrogen-bond donors (Lipinski definition) is 5. The Morgan fingerprint density at radius 3 is 2.37 bits per heavy atom. The molecule has 1 aromatic heterocycles. The lowest BCUT2D eigenvalue weighted by Crippen LogP contribution is -2.39. The average Bonchev–Trinajstić information content (AvgIpc) is 3.93. The highest BCUT2D eigenvalue weighted by molar-refractivity contribution is 5.91. The van der Waals surface area contributed by atoms with Gasteiger partial charge in [0.25, 0.3) is 0 Å². The molecule has 2 saturated carbocycles. The second-order valence-electron chi connectivity index (χ2n) is 16.5. The first-order valence-corrected chi connectivity index (χ1v) is 21.3. The number of ether oxygens (including phenoxy) is 2. The Kier molecular flexibility index (Phi) is 13.2. The molecule has 0 bridgehead atoms. The molecule has 5 N–H and O–H groups in total. The van der Waals surface area contributed by atoms with Gasteiger partial charge in [0.1, 0.15) is 11.9 Å². The van der Waals surface area contributed by atoms with Gasteiger partial charge in [-0.25, -0.2) is 4.79 Å². The van der Waals surface area contributed by atoms with Gasteiger partial charge in [-0.2, -0.15) is 0 Å². The van der Waals surface area contributed by atoms with Crippen LogP contribution in [0.4, 0.5) is 10.5 Å². The third kappa shape index (κ3) is 10.4. The molecule has 8 rings (SSSR count). The maximum absolute atomic E-state index is 13.1. The number of H-pyrrole nitrogens is 1. The maximum Gasteiger partial charge on any atom is 0.411 e. The number of phenols is 1. The molecular weight excluding hydrogens is 759 g/mol. The van der Waals surface area contributed by atoms with Gasteiger partial charge in [0.05, 0.1) is 36.9 Å². The quantitative estimate of drug-likeness (QED) is 0.0614. The van der Waals surface area contributed by atoms with E-state index >= 15 is 0 Å². The Balaban J connectivity index is 0.700. The lowest BCUT2D eigenvalue weighted by atomic mass is 10.0. The van der Waals surface area contributed by atoms with Crippen molar-refractivity contribution in [2.24, 2.45) is 11.8 Å². The van der Waals surface area contributed by atoms with Crippen LogP contribution in [0.15, 0.2) is 108 Å². The zero-order valence-electron chi connectivity index (χ0n) is 33.9. The molecule has 0 spiro atoms. The number of amides is 2. The number of likely N-dealkylation sites (tertiary alicyclic amines) is 1. The summed E-state index contributed by atoms with van der Waals surface area (Å²) in [5.74, 6) is 1.10. The molecule has 0 unspecified atom stereocenters. The van der Waals surface area contributed by atoms with Crippen molar-refractivity contribution in [3.05, 3.63) is 130 Å². The Morgan fingerprint density at radius 1 is 0.867 bits per heavy atom. The molecule has 1 aliphatic heterocycles. The number of hydrogen-bond acceptors (Lipinski definition) is 9. The topological polar surface area (TPSA) is 156 Å². The molecule has 2 aliphatic carbocycles. The molecule has 12 heteroatoms. The van der Waals surface area contributed by atoms with Gasteiger partial charge in [-0.3, -0.25) is 19.8 Å². The minimum Gasteiger partial charge on any atom is -0.506 e. The van der Waals surface area contributed by atoms with Gasteiger partial charge in [-0.05, 0) is 84.4 Å². The van der Waals surface area contributed by atoms with E-state index in [1.165, 1.54) is 23.3 Å². The largest absolute Gasteiger partial charge is 0.506 e. The number of fused-ring (bicyclic) bond motifs is 2. The molecule has 4 aromatic carbocycles. The van der Waals surface area contributed by atoms with Crippen LogP contribution in [0.25, 0.3) is 22.0 Å². The number of aromatic amines is 1. The molecule has 314 valence electrons. The molecule has 4 atom stereocenters. The lowest BCUT2D eigenvalue weighted by molar-refractivity contribution is -0.132. The first kappa shape index (κ1) is 41.2. The highest BCUT2D eigenvalue weighted by Crippen LogP contribution is 2.40. The van der Waals surface area contributed by atoms with Crippen molar-refractivity contribution in [1.29, 1.82) is 0 Å². The highest BCUT2D eigenvalue weighted by Gasteiger charge is 2.42. The number of rotatable bonds is 18. The van der Waals surface area contributed by atoms with Crippen LogP contribution in [0, 0.1) is 11.8 Å². The number of pyridine rings is 1. The number of para-hydroxylation sites is 1. The van der Waals surface area contributed by atoms with Crippen molar-refractivity contribution < 1.29 is 29.3 Å². The minimum absolute atomic E-state index is 0.0470. The highest BCUT2D eigenvalue weighted by atomic mass is 16.6. The average molecular weight is 814 g/mol. The van der Waals surface area contributed by atoms with Crippen molar-refractivity contribution in [3.8, 4) is 16.9 Å². The molecule has 60 heavy (non-hydrogen) atoms. The number of carbonyl (C=O) groups excluding carboxylic acids is 2. The summed E-state index contributed by atoms with van der Waals surface area (Å²) in [5, 5.41) is 27.8. The third-order valence-corrected chi connectivity index (χ3v) is 12.2. The van der Waals surface area contributed by atoms with Gasteiger partial charge >= 0.3 is 6.09 Å². The van der Waals surface area contributed by atoms with Crippen molar-refractivity contribution in [1.82, 2.24) is 20.1 Å². The van der Waals surface area contributed by atoms with E-state index < -0.39 is 12.2 Å². The first-order valence-electron chi connectivity index (χ1n) is 21.3. The molecule has 3 fully saturated rings. The minimum atomic E-state index is -0.854. The normalized spacial score (nSPS) is 19.2. The summed E-state index contributed by atoms with van der Waals surface area (Å²) in [6, 6.07) is 32.9. The molecule has 12 nitrogen and oxygen atoms in total. The fourth-order valence-corrected chi connectivity index (χ4v) is 8.98. The van der Waals surface area contributed by atoms with Crippen LogP contribution < -0.4 is 16.2 Å². The number of aromatic hydroxyl groups is 1. The molecule has 3 aliphatic rings. The van der Waals surface area contributed by atoms with Crippen molar-refractivity contribution in [2.75, 3.05) is 51.3 Å². The van der Waals surface area contributed by atoms with E-state index in [0.717, 1.165) is 68.6 Å². The van der Waals surface area contributed by atoms with Gasteiger partial charge in [-0.15, -0.1) is 0 Å². The van der Waals surface area contributed by atoms with E-state index in [0.29, 0.717) is 61.0 Å². The predicted octanol–water partition coefficient (Wildman–Crippen LogP) is 6.62. The number of phenolic OH excluding ortho intramolecular Hbond substituents is 1. The Hall–Kier alpha value is -5.53. The monoisotopic (exact) mass is 813 g/mol. The molecule has 5 aromatic rings. The summed E-state index contributed by atoms with van der Waals surface area (Å²) < 4.78 is 11.8. The Bertz CT molecular complexity index is 2280. The number of anilines is 1. The number of aliphatic hydroxyl groups is 1. The molecule has 2 amide bonds. The standard InChI is InChI=1S/C48H55N5O7/c54-43-18-16-40(41-17-19-45(56)51-47(41)43)44(55)28-49-22-23-53(37-14-15-37)46(57)21-25-59-24-20-32-10-12-33(13-11-32)29-52-30-35-26-38(27-36(35)31-52)60-48(58)50-42-9-5-4-8-39(42)34-6-2-1-3-7-34/h1-13,16-19,35-38,44,49,54-55H,14-15,20-31H2,(H,50,58)(H,51,56)/t35-,36+,38+,44-/m0/s1. The van der Waals surface area contributed by atoms with Crippen LogP contribution in [0.5, 0.6) is 5.75 Å². The second kappa shape index (κ2) is 19.2. The maximum atomic E-state index is 13.1. The SMILES string of the molecule is O=C(Nc1ccccc1-c1ccccc1)O[C@H]1C[C@@H]2CN(Cc3ccc(CCOCCC(=O)N(CCNC[C@H](O)c4ccc(O)c5[nH]c(=O)ccc45)C4CC4)cc3)C[C@@H]2C1. The van der Waals surface area contributed by atoms with Gasteiger partial charge in [0.15, 0.2) is 0 Å². The van der Waals surface area contributed by atoms with Crippen molar-refractivity contribution in [2.45, 2.75) is 63.3 Å². The number of nitrogens with one attached hydrogen (secondary N) is 3. The number of carbonyl (C=O) groups is 2. The predicted molar refractivity (Wildman–Crippen MR) is 232 cm³/mol. The molecular formula is C48H55N5O7. The molecule has 1 saturated heterocycles. The van der Waals surface area contributed by atoms with Gasteiger partial charge in [0.2, 0.25) is 11.5 Å². The van der Waals surface area contributed by atoms with E-state index in [2.05, 4.69) is 44.8 Å². The number of benzene rings is 4. The molecule has 2 heterocycles. The third-order valence-electron chi connectivity index (χ3n) is 12.2. The van der Waals surface area contributed by atoms with Crippen LogP contribution in [0.2, 0.25) is 0 Å². The second-order valence-corrected chi connectivity index (χ2v) is 16.5. The van der Waals surface area contributed by atoms with Crippen LogP contribution >= 0.6 is 0 Å². The number of nitrogens with zero attached hydrogens (tertiary/aromatic N) is 2. The Labute approximate surface area is 350 Å². The first-order chi connectivity index (χ1) is 29.3. The van der Waals surface area contributed by atoms with Crippen LogP contribution in [-0.4, -0.2) is 95.1 Å². The Morgan fingerprint density at radius 2 is 1.60 bits per heavy atom. The van der Waals surface area contributed by atoms with Crippen LogP contribution in [0.1, 0.15) is 54.9 Å². The number of aromatic nitrogens is 1. The van der Waals surface area contributed by atoms with E-state index in [4.69, 9.17) is 9.47 Å². The van der Waals surface area contributed by atoms with E-state index in [1.807, 2.05) is 59.5 Å². The van der Waals surface area contributed by atoms with Crippen molar-refractivity contribution >= 4 is 28.6 Å². The smallest absolute Gasteiger partial charge is 0.411 e. The van der Waals surface area contributed by atoms with E-state index in [-0.39, 0.29) is 35.9 Å². The van der Waals surface area contributed by atoms with Gasteiger partial charge < -0.3 is 34.9 Å². The van der Waals surface area contributed by atoms with E-state index in [9.17, 15) is 24.6 Å². The summed E-state index contributed by atoms with van der Waals surface area (Å²) in [7, 11) is 0. The zero-order chi connectivity index (χ0) is 41.4. The van der Waals surface area contributed by atoms with E-state index in [1.54, 1.807) is 12.1 Å². The molecule has 0 radical (unpaired) electrons. The fourth-order valence-electron chi connectivity index (χ4n) is 8.98. The van der Waals surface area contributed by atoms with Crippen LogP contribution in [0.3, 0.4) is 0 Å². The lowest BCUT2D eigenvalue weighted by Gasteiger charge is -2.23. The van der Waals surface area contributed by atoms with Gasteiger partial charge in [-0.1, -0.05) is 78.9 Å². The summed E-state index contributed by atoms with van der Waals surface area (Å²) in [4.78, 5) is 44.8. The zero-order valence-corrected chi connectivity index (χ0v) is 33.9. The summed E-state index contributed by atoms with van der Waals surface area (Å²) in [5.41, 5.74) is 5.84. The van der Waals surface area contributed by atoms with Crippen molar-refractivity contribution in [3.63, 3.8) is 0 Å². The summed E-state index contributed by atoms with van der Waals surface area (Å²) >= 11 is 0.